The van der Waals surface area contributed by atoms with Gasteiger partial charge in [-0.25, -0.2) is 0 Å². The molecule has 0 spiro atoms. The van der Waals surface area contributed by atoms with Crippen molar-refractivity contribution in [2.24, 2.45) is 0 Å². The van der Waals surface area contributed by atoms with Crippen molar-refractivity contribution in [2.75, 3.05) is 4.90 Å². The van der Waals surface area contributed by atoms with E-state index >= 15 is 0 Å². The van der Waals surface area contributed by atoms with Gasteiger partial charge in [0.15, 0.2) is 0 Å². The minimum Gasteiger partial charge on any atom is -0.310 e. The Morgan fingerprint density at radius 1 is 0.356 bits per heavy atom. The minimum atomic E-state index is -0.135. The topological polar surface area (TPSA) is 8.17 Å². The highest BCUT2D eigenvalue weighted by Gasteiger charge is 2.36. The molecule has 13 rings (SSSR count). The summed E-state index contributed by atoms with van der Waals surface area (Å²) in [5, 5.41) is 10.5. The Kier molecular flexibility index (Phi) is 6.54. The zero-order chi connectivity index (χ0) is 39.0. The normalized spacial score (nSPS) is 13.4. The maximum Gasteiger partial charge on any atom is 0.0568 e. The molecular formula is C57H38N2. The molecule has 276 valence electrons. The lowest BCUT2D eigenvalue weighted by Gasteiger charge is -2.29. The van der Waals surface area contributed by atoms with Crippen LogP contribution in [0.15, 0.2) is 194 Å². The first kappa shape index (κ1) is 32.6. The lowest BCUT2D eigenvalue weighted by Crippen LogP contribution is -2.16. The predicted octanol–water partition coefficient (Wildman–Crippen LogP) is 15.7. The molecule has 2 aliphatic carbocycles. The Balaban J connectivity index is 1.15. The summed E-state index contributed by atoms with van der Waals surface area (Å²) in [4.78, 5) is 2.49. The fourth-order valence-corrected chi connectivity index (χ4v) is 10.8. The maximum atomic E-state index is 2.50. The first-order valence-electron chi connectivity index (χ1n) is 20.7. The van der Waals surface area contributed by atoms with Gasteiger partial charge in [0.2, 0.25) is 0 Å². The van der Waals surface area contributed by atoms with Crippen LogP contribution in [0, 0.1) is 0 Å². The van der Waals surface area contributed by atoms with Gasteiger partial charge in [0.25, 0.3) is 0 Å². The number of nitrogens with zero attached hydrogens (tertiary/aromatic N) is 2. The van der Waals surface area contributed by atoms with Gasteiger partial charge < -0.3 is 9.47 Å². The summed E-state index contributed by atoms with van der Waals surface area (Å²) in [5.74, 6) is 0. The molecule has 2 heteroatoms. The van der Waals surface area contributed by atoms with E-state index in [0.29, 0.717) is 0 Å². The number of aromatic nitrogens is 1. The minimum absolute atomic E-state index is 0.135. The van der Waals surface area contributed by atoms with Crippen molar-refractivity contribution >= 4 is 71.2 Å². The summed E-state index contributed by atoms with van der Waals surface area (Å²) >= 11 is 0. The van der Waals surface area contributed by atoms with Crippen LogP contribution >= 0.6 is 0 Å². The van der Waals surface area contributed by atoms with Crippen LogP contribution in [0.5, 0.6) is 0 Å². The van der Waals surface area contributed by atoms with Crippen LogP contribution in [-0.4, -0.2) is 4.57 Å². The number of para-hydroxylation sites is 1. The van der Waals surface area contributed by atoms with E-state index in [1.54, 1.807) is 0 Å². The molecule has 0 saturated heterocycles. The first-order chi connectivity index (χ1) is 29.0. The Morgan fingerprint density at radius 2 is 0.966 bits per heavy atom. The van der Waals surface area contributed by atoms with Crippen LogP contribution < -0.4 is 4.90 Å². The quantitative estimate of drug-likeness (QED) is 0.159. The Morgan fingerprint density at radius 3 is 1.75 bits per heavy atom. The van der Waals surface area contributed by atoms with Crippen LogP contribution in [0.2, 0.25) is 0 Å². The van der Waals surface area contributed by atoms with Crippen molar-refractivity contribution in [3.8, 4) is 39.1 Å². The van der Waals surface area contributed by atoms with Gasteiger partial charge in [-0.1, -0.05) is 153 Å². The van der Waals surface area contributed by atoms with Crippen LogP contribution in [0.4, 0.5) is 17.1 Å². The summed E-state index contributed by atoms with van der Waals surface area (Å²) in [7, 11) is 0. The van der Waals surface area contributed by atoms with Crippen molar-refractivity contribution in [3.05, 3.63) is 205 Å². The van der Waals surface area contributed by atoms with Crippen molar-refractivity contribution < 1.29 is 0 Å². The van der Waals surface area contributed by atoms with Gasteiger partial charge >= 0.3 is 0 Å². The van der Waals surface area contributed by atoms with Gasteiger partial charge in [-0.15, -0.1) is 0 Å². The molecule has 0 fully saturated rings. The summed E-state index contributed by atoms with van der Waals surface area (Å²) in [6.45, 7) is 4.75. The summed E-state index contributed by atoms with van der Waals surface area (Å²) in [5.41, 5.74) is 17.2. The molecule has 1 heterocycles. The van der Waals surface area contributed by atoms with Gasteiger partial charge in [0.1, 0.15) is 0 Å². The molecule has 1 aromatic heterocycles. The second-order valence-electron chi connectivity index (χ2n) is 16.9. The van der Waals surface area contributed by atoms with E-state index in [0.717, 1.165) is 22.7 Å². The standard InChI is InChI=1S/C57H38N2/c1-57(2)48-19-10-9-17-44(48)45-30-29-42(33-49(45)57)58(41-27-24-36(25-28-41)35-12-5-3-6-13-35)43-32-47-46-18-11-14-37-20-21-38-22-23-39-26-31-50-56(54(39)53(38)52(37)46)55(47)51(34-43)59(50)40-15-7-4-8-16-40/h3-34H,1-2H3. The molecule has 10 aromatic carbocycles. The summed E-state index contributed by atoms with van der Waals surface area (Å²) in [6.07, 6.45) is 0. The van der Waals surface area contributed by atoms with Gasteiger partial charge in [-0.2, -0.15) is 0 Å². The fourth-order valence-electron chi connectivity index (χ4n) is 10.8. The highest BCUT2D eigenvalue weighted by atomic mass is 15.1. The van der Waals surface area contributed by atoms with E-state index in [9.17, 15) is 0 Å². The van der Waals surface area contributed by atoms with Gasteiger partial charge in [0, 0.05) is 44.3 Å². The van der Waals surface area contributed by atoms with E-state index in [4.69, 9.17) is 0 Å². The number of benzene rings is 10. The number of anilines is 3. The van der Waals surface area contributed by atoms with Crippen LogP contribution in [0.25, 0.3) is 93.2 Å². The van der Waals surface area contributed by atoms with E-state index in [1.807, 2.05) is 0 Å². The second kappa shape index (κ2) is 11.8. The van der Waals surface area contributed by atoms with E-state index in [1.165, 1.54) is 98.6 Å². The molecule has 2 aliphatic rings. The molecule has 0 aliphatic heterocycles. The van der Waals surface area contributed by atoms with E-state index < -0.39 is 0 Å². The van der Waals surface area contributed by atoms with E-state index in [-0.39, 0.29) is 5.41 Å². The summed E-state index contributed by atoms with van der Waals surface area (Å²) < 4.78 is 2.50. The van der Waals surface area contributed by atoms with Crippen LogP contribution in [0.1, 0.15) is 25.0 Å². The average molecular weight is 751 g/mol. The SMILES string of the molecule is CC1(C)c2ccccc2-c2ccc(N(c3ccc(-c4ccccc4)cc3)c3cc4c5c6c7c(ccc8ccc9cccc-4c9c87)ccc6n(-c4ccccc4)c5c3)cc21. The Bertz CT molecular complexity index is 3550. The average Bonchev–Trinajstić information content (AvgIpc) is 3.69. The lowest BCUT2D eigenvalue weighted by atomic mass is 9.82. The highest BCUT2D eigenvalue weighted by Crippen LogP contribution is 2.54. The molecule has 59 heavy (non-hydrogen) atoms. The third kappa shape index (κ3) is 4.46. The molecule has 0 radical (unpaired) electrons. The summed E-state index contributed by atoms with van der Waals surface area (Å²) in [6, 6.07) is 72.5. The predicted molar refractivity (Wildman–Crippen MR) is 250 cm³/mol. The fraction of sp³-hybridized carbons (Fsp3) is 0.0526. The molecule has 0 amide bonds. The van der Waals surface area contributed by atoms with Gasteiger partial charge in [0.05, 0.1) is 11.0 Å². The first-order valence-corrected chi connectivity index (χ1v) is 20.7. The van der Waals surface area contributed by atoms with Crippen LogP contribution in [-0.2, 0) is 5.41 Å². The van der Waals surface area contributed by atoms with Crippen molar-refractivity contribution in [1.29, 1.82) is 0 Å². The Labute approximate surface area is 342 Å². The van der Waals surface area contributed by atoms with Gasteiger partial charge in [-0.05, 0) is 126 Å². The molecule has 0 N–H and O–H groups in total. The number of fused-ring (bicyclic) bond motifs is 4. The number of hydrogen-bond acceptors (Lipinski definition) is 1. The molecule has 0 atom stereocenters. The lowest BCUT2D eigenvalue weighted by molar-refractivity contribution is 0.660. The smallest absolute Gasteiger partial charge is 0.0568 e. The third-order valence-corrected chi connectivity index (χ3v) is 13.4. The largest absolute Gasteiger partial charge is 0.310 e. The molecule has 0 saturated carbocycles. The highest BCUT2D eigenvalue weighted by molar-refractivity contribution is 6.38. The zero-order valence-corrected chi connectivity index (χ0v) is 32.9. The molecule has 11 aromatic rings. The monoisotopic (exact) mass is 750 g/mol. The van der Waals surface area contributed by atoms with Gasteiger partial charge in [-0.3, -0.25) is 0 Å². The van der Waals surface area contributed by atoms with Crippen LogP contribution in [0.3, 0.4) is 0 Å². The van der Waals surface area contributed by atoms with Crippen molar-refractivity contribution in [3.63, 3.8) is 0 Å². The zero-order valence-electron chi connectivity index (χ0n) is 32.9. The van der Waals surface area contributed by atoms with Crippen molar-refractivity contribution in [1.82, 2.24) is 4.57 Å². The Hall–Kier alpha value is -7.42. The second-order valence-corrected chi connectivity index (χ2v) is 16.9. The molecular weight excluding hydrogens is 713 g/mol. The molecule has 2 nitrogen and oxygen atoms in total. The van der Waals surface area contributed by atoms with E-state index in [2.05, 4.69) is 217 Å². The third-order valence-electron chi connectivity index (χ3n) is 13.4. The van der Waals surface area contributed by atoms with Crippen molar-refractivity contribution in [2.45, 2.75) is 19.3 Å². The maximum absolute atomic E-state index is 2.50. The number of rotatable bonds is 5. The number of hydrogen-bond donors (Lipinski definition) is 0. The molecule has 0 unspecified atom stereocenters. The molecule has 0 bridgehead atoms.